The second-order valence-electron chi connectivity index (χ2n) is 7.13. The van der Waals surface area contributed by atoms with Gasteiger partial charge in [-0.25, -0.2) is 0 Å². The van der Waals surface area contributed by atoms with Gasteiger partial charge in [0.05, 0.1) is 19.4 Å². The van der Waals surface area contributed by atoms with E-state index in [1.165, 1.54) is 16.0 Å². The molecule has 2 aliphatic rings. The standard InChI is InChI=1S/C20H23N3O3/c24-19(20(25)22-16-7-8-16)21-12-17(18-6-3-11-26-18)23-10-9-14-4-1-2-5-15(14)13-23/h1-6,11,16-17H,7-10,12-13H2,(H,21,24)(H,22,25)/p+1/t17-/m0/s1. The average Bonchev–Trinajstić information content (AvgIpc) is 3.31. The Hall–Kier alpha value is -2.60. The molecule has 1 unspecified atom stereocenters. The average molecular weight is 354 g/mol. The van der Waals surface area contributed by atoms with E-state index in [0.717, 1.165) is 38.1 Å². The predicted molar refractivity (Wildman–Crippen MR) is 95.3 cm³/mol. The van der Waals surface area contributed by atoms with Gasteiger partial charge in [-0.3, -0.25) is 9.59 Å². The Balaban J connectivity index is 1.43. The molecule has 2 aromatic rings. The van der Waals surface area contributed by atoms with Gasteiger partial charge in [-0.15, -0.1) is 0 Å². The van der Waals surface area contributed by atoms with Crippen molar-refractivity contribution in [3.63, 3.8) is 0 Å². The Bertz CT molecular complexity index is 783. The van der Waals surface area contributed by atoms with E-state index in [1.54, 1.807) is 6.26 Å². The minimum atomic E-state index is -0.565. The molecule has 1 aromatic carbocycles. The second kappa shape index (κ2) is 7.33. The van der Waals surface area contributed by atoms with E-state index in [0.29, 0.717) is 6.54 Å². The van der Waals surface area contributed by atoms with Crippen LogP contribution >= 0.6 is 0 Å². The third-order valence-corrected chi connectivity index (χ3v) is 5.22. The van der Waals surface area contributed by atoms with E-state index in [1.807, 2.05) is 12.1 Å². The first-order valence-corrected chi connectivity index (χ1v) is 9.24. The van der Waals surface area contributed by atoms with Crippen molar-refractivity contribution < 1.29 is 18.9 Å². The molecule has 2 heterocycles. The van der Waals surface area contributed by atoms with Gasteiger partial charge in [-0.05, 0) is 30.5 Å². The van der Waals surface area contributed by atoms with E-state index in [4.69, 9.17) is 4.42 Å². The lowest BCUT2D eigenvalue weighted by Crippen LogP contribution is -3.12. The van der Waals surface area contributed by atoms with Gasteiger partial charge in [-0.2, -0.15) is 0 Å². The highest BCUT2D eigenvalue weighted by Crippen LogP contribution is 2.18. The van der Waals surface area contributed by atoms with Crippen molar-refractivity contribution in [1.82, 2.24) is 10.6 Å². The predicted octanol–water partition coefficient (Wildman–Crippen LogP) is 0.357. The SMILES string of the molecule is O=C(NC[C@@H](c1ccco1)[NH+]1CCc2ccccc2C1)C(=O)NC1CC1. The van der Waals surface area contributed by atoms with Gasteiger partial charge in [0.2, 0.25) is 0 Å². The number of hydrogen-bond donors (Lipinski definition) is 3. The zero-order valence-corrected chi connectivity index (χ0v) is 14.7. The summed E-state index contributed by atoms with van der Waals surface area (Å²) in [6.07, 6.45) is 4.58. The highest BCUT2D eigenvalue weighted by atomic mass is 16.3. The van der Waals surface area contributed by atoms with Crippen molar-refractivity contribution in [2.24, 2.45) is 0 Å². The molecule has 0 spiro atoms. The highest BCUT2D eigenvalue weighted by molar-refractivity contribution is 6.35. The summed E-state index contributed by atoms with van der Waals surface area (Å²) in [7, 11) is 0. The van der Waals surface area contributed by atoms with Crippen LogP contribution in [-0.4, -0.2) is 30.9 Å². The number of furan rings is 1. The molecule has 0 radical (unpaired) electrons. The summed E-state index contributed by atoms with van der Waals surface area (Å²) in [6, 6.07) is 12.4. The van der Waals surface area contributed by atoms with Crippen molar-refractivity contribution in [2.45, 2.75) is 37.9 Å². The van der Waals surface area contributed by atoms with Crippen LogP contribution in [0.15, 0.2) is 47.1 Å². The normalized spacial score (nSPS) is 20.1. The van der Waals surface area contributed by atoms with Gasteiger partial charge >= 0.3 is 11.8 Å². The summed E-state index contributed by atoms with van der Waals surface area (Å²) in [5, 5.41) is 5.52. The molecular weight excluding hydrogens is 330 g/mol. The summed E-state index contributed by atoms with van der Waals surface area (Å²) in [6.45, 7) is 2.22. The minimum absolute atomic E-state index is 0.0176. The molecule has 0 saturated heterocycles. The first kappa shape index (κ1) is 16.8. The van der Waals surface area contributed by atoms with Gasteiger partial charge in [0.1, 0.15) is 6.54 Å². The number of nitrogens with one attached hydrogen (secondary N) is 3. The molecule has 1 aliphatic carbocycles. The molecule has 1 fully saturated rings. The fourth-order valence-electron chi connectivity index (χ4n) is 3.59. The first-order valence-electron chi connectivity index (χ1n) is 9.24. The molecule has 6 nitrogen and oxygen atoms in total. The zero-order chi connectivity index (χ0) is 17.9. The number of amides is 2. The Kier molecular flexibility index (Phi) is 4.75. The van der Waals surface area contributed by atoms with Crippen LogP contribution in [0.25, 0.3) is 0 Å². The number of carbonyl (C=O) groups is 2. The van der Waals surface area contributed by atoms with E-state index >= 15 is 0 Å². The molecule has 4 rings (SSSR count). The van der Waals surface area contributed by atoms with Gasteiger partial charge in [0.25, 0.3) is 0 Å². The van der Waals surface area contributed by atoms with Crippen LogP contribution in [0.3, 0.4) is 0 Å². The van der Waals surface area contributed by atoms with E-state index in [-0.39, 0.29) is 12.1 Å². The van der Waals surface area contributed by atoms with E-state index in [9.17, 15) is 9.59 Å². The summed E-state index contributed by atoms with van der Waals surface area (Å²) in [5.41, 5.74) is 2.73. The van der Waals surface area contributed by atoms with Crippen LogP contribution in [0.1, 0.15) is 35.8 Å². The quantitative estimate of drug-likeness (QED) is 0.679. The maximum atomic E-state index is 12.1. The third-order valence-electron chi connectivity index (χ3n) is 5.22. The Morgan fingerprint density at radius 3 is 2.65 bits per heavy atom. The zero-order valence-electron chi connectivity index (χ0n) is 14.7. The smallest absolute Gasteiger partial charge is 0.309 e. The van der Waals surface area contributed by atoms with Crippen molar-refractivity contribution in [3.05, 3.63) is 59.5 Å². The van der Waals surface area contributed by atoms with Crippen LogP contribution in [0.4, 0.5) is 0 Å². The van der Waals surface area contributed by atoms with Crippen molar-refractivity contribution in [3.8, 4) is 0 Å². The fraction of sp³-hybridized carbons (Fsp3) is 0.400. The molecule has 1 aliphatic heterocycles. The number of quaternary nitrogens is 1. The number of rotatable bonds is 5. The molecule has 136 valence electrons. The van der Waals surface area contributed by atoms with Crippen LogP contribution in [-0.2, 0) is 22.6 Å². The largest absolute Gasteiger partial charge is 0.463 e. The number of benzene rings is 1. The second-order valence-corrected chi connectivity index (χ2v) is 7.13. The molecule has 26 heavy (non-hydrogen) atoms. The van der Waals surface area contributed by atoms with E-state index in [2.05, 4.69) is 34.9 Å². The monoisotopic (exact) mass is 354 g/mol. The summed E-state index contributed by atoms with van der Waals surface area (Å²) in [5.74, 6) is -0.266. The highest BCUT2D eigenvalue weighted by Gasteiger charge is 2.32. The molecule has 3 N–H and O–H groups in total. The maximum Gasteiger partial charge on any atom is 0.309 e. The van der Waals surface area contributed by atoms with Gasteiger partial charge in [0.15, 0.2) is 11.8 Å². The molecule has 1 saturated carbocycles. The van der Waals surface area contributed by atoms with Crippen molar-refractivity contribution in [1.29, 1.82) is 0 Å². The Morgan fingerprint density at radius 2 is 1.92 bits per heavy atom. The van der Waals surface area contributed by atoms with Crippen LogP contribution in [0.2, 0.25) is 0 Å². The summed E-state index contributed by atoms with van der Waals surface area (Å²) >= 11 is 0. The summed E-state index contributed by atoms with van der Waals surface area (Å²) in [4.78, 5) is 25.3. The first-order chi connectivity index (χ1) is 12.7. The molecule has 2 atom stereocenters. The number of fused-ring (bicyclic) bond motifs is 1. The Labute approximate surface area is 152 Å². The topological polar surface area (TPSA) is 75.8 Å². The number of hydrogen-bond acceptors (Lipinski definition) is 3. The Morgan fingerprint density at radius 1 is 1.12 bits per heavy atom. The van der Waals surface area contributed by atoms with Crippen LogP contribution in [0.5, 0.6) is 0 Å². The molecule has 6 heteroatoms. The summed E-state index contributed by atoms with van der Waals surface area (Å²) < 4.78 is 5.63. The van der Waals surface area contributed by atoms with Gasteiger partial charge < -0.3 is 20.0 Å². The minimum Gasteiger partial charge on any atom is -0.463 e. The molecule has 1 aromatic heterocycles. The van der Waals surface area contributed by atoms with Gasteiger partial charge in [-0.1, -0.05) is 24.3 Å². The van der Waals surface area contributed by atoms with Crippen LogP contribution < -0.4 is 15.5 Å². The fourth-order valence-corrected chi connectivity index (χ4v) is 3.59. The van der Waals surface area contributed by atoms with E-state index < -0.39 is 11.8 Å². The lowest BCUT2D eigenvalue weighted by molar-refractivity contribution is -0.946. The number of carbonyl (C=O) groups excluding carboxylic acids is 2. The third kappa shape index (κ3) is 3.80. The van der Waals surface area contributed by atoms with Crippen molar-refractivity contribution in [2.75, 3.05) is 13.1 Å². The molecule has 0 bridgehead atoms. The molecular formula is C20H24N3O3+. The maximum absolute atomic E-state index is 12.1. The van der Waals surface area contributed by atoms with Crippen molar-refractivity contribution >= 4 is 11.8 Å². The van der Waals surface area contributed by atoms with Gasteiger partial charge in [0, 0.05) is 18.0 Å². The lowest BCUT2D eigenvalue weighted by Gasteiger charge is -2.31. The lowest BCUT2D eigenvalue weighted by atomic mass is 9.98. The van der Waals surface area contributed by atoms with Crippen LogP contribution in [0, 0.1) is 0 Å². The molecule has 2 amide bonds.